The van der Waals surface area contributed by atoms with Crippen LogP contribution < -0.4 is 0 Å². The number of ether oxygens (including phenoxy) is 1. The minimum atomic E-state index is 0.488. The minimum absolute atomic E-state index is 0.488. The summed E-state index contributed by atoms with van der Waals surface area (Å²) in [6.45, 7) is 1.96. The van der Waals surface area contributed by atoms with Crippen molar-refractivity contribution >= 4 is 49.1 Å². The van der Waals surface area contributed by atoms with Crippen molar-refractivity contribution in [2.45, 2.75) is 26.2 Å². The van der Waals surface area contributed by atoms with E-state index in [1.54, 1.807) is 11.3 Å². The lowest BCUT2D eigenvalue weighted by Crippen LogP contribution is -2.06. The molecule has 0 aliphatic carbocycles. The molecule has 0 saturated heterocycles. The average molecular weight is 492 g/mol. The van der Waals surface area contributed by atoms with Crippen LogP contribution in [0.1, 0.15) is 17.8 Å². The molecule has 31 heavy (non-hydrogen) atoms. The van der Waals surface area contributed by atoms with Crippen LogP contribution in [0, 0.1) is 0 Å². The van der Waals surface area contributed by atoms with Crippen molar-refractivity contribution in [2.24, 2.45) is 0 Å². The van der Waals surface area contributed by atoms with Crippen molar-refractivity contribution in [3.63, 3.8) is 0 Å². The van der Waals surface area contributed by atoms with Gasteiger partial charge in [-0.3, -0.25) is 0 Å². The van der Waals surface area contributed by atoms with Crippen LogP contribution in [0.15, 0.2) is 72.2 Å². The lowest BCUT2D eigenvalue weighted by molar-refractivity contribution is 0.0996. The monoisotopic (exact) mass is 491 g/mol. The van der Waals surface area contributed by atoms with Crippen molar-refractivity contribution in [1.82, 2.24) is 14.5 Å². The number of rotatable bonds is 8. The normalized spacial score (nSPS) is 11.5. The minimum Gasteiger partial charge on any atom is -0.369 e. The summed E-state index contributed by atoms with van der Waals surface area (Å²) in [6, 6.07) is 21.3. The predicted octanol–water partition coefficient (Wildman–Crippen LogP) is 6.81. The third-order valence-electron chi connectivity index (χ3n) is 5.34. The number of thiazole rings is 1. The Bertz CT molecular complexity index is 1300. The first-order valence-corrected chi connectivity index (χ1v) is 12.3. The summed E-state index contributed by atoms with van der Waals surface area (Å²) in [5, 5.41) is 6.46. The molecule has 0 fully saturated rings. The molecule has 0 bridgehead atoms. The molecule has 2 aromatic heterocycles. The van der Waals surface area contributed by atoms with Crippen LogP contribution in [-0.2, 0) is 24.5 Å². The van der Waals surface area contributed by atoms with Crippen LogP contribution in [0.4, 0.5) is 0 Å². The van der Waals surface area contributed by atoms with Gasteiger partial charge in [-0.05, 0) is 34.9 Å². The largest absolute Gasteiger partial charge is 0.369 e. The van der Waals surface area contributed by atoms with Gasteiger partial charge in [0.05, 0.1) is 17.6 Å². The topological polar surface area (TPSA) is 39.9 Å². The fraction of sp³-hybridized carbons (Fsp3) is 0.200. The Hall–Kier alpha value is -2.54. The van der Waals surface area contributed by atoms with E-state index in [9.17, 15) is 0 Å². The van der Waals surface area contributed by atoms with Crippen molar-refractivity contribution < 1.29 is 4.74 Å². The Morgan fingerprint density at radius 2 is 1.77 bits per heavy atom. The Balaban J connectivity index is 1.34. The molecule has 5 rings (SSSR count). The molecule has 0 atom stereocenters. The molecule has 0 N–H and O–H groups in total. The van der Waals surface area contributed by atoms with Gasteiger partial charge in [0.15, 0.2) is 0 Å². The van der Waals surface area contributed by atoms with Gasteiger partial charge < -0.3 is 9.30 Å². The van der Waals surface area contributed by atoms with Crippen LogP contribution >= 0.6 is 27.3 Å². The summed E-state index contributed by atoms with van der Waals surface area (Å²) in [7, 11) is 0. The van der Waals surface area contributed by atoms with Crippen LogP contribution in [0.5, 0.6) is 0 Å². The zero-order valence-corrected chi connectivity index (χ0v) is 19.4. The molecular weight excluding hydrogens is 470 g/mol. The number of nitrogens with zero attached hydrogens (tertiary/aromatic N) is 3. The van der Waals surface area contributed by atoms with Crippen molar-refractivity contribution in [3.8, 4) is 10.6 Å². The Labute approximate surface area is 193 Å². The Morgan fingerprint density at radius 3 is 2.52 bits per heavy atom. The fourth-order valence-corrected chi connectivity index (χ4v) is 4.70. The van der Waals surface area contributed by atoms with Crippen molar-refractivity contribution in [3.05, 3.63) is 83.6 Å². The maximum atomic E-state index is 6.08. The second-order valence-corrected chi connectivity index (χ2v) is 9.12. The van der Waals surface area contributed by atoms with Crippen molar-refractivity contribution in [1.29, 1.82) is 0 Å². The van der Waals surface area contributed by atoms with Gasteiger partial charge in [-0.2, -0.15) is 0 Å². The number of aryl methyl sites for hydroxylation is 1. The summed E-state index contributed by atoms with van der Waals surface area (Å²) < 4.78 is 8.38. The number of alkyl halides is 1. The second kappa shape index (κ2) is 9.30. The van der Waals surface area contributed by atoms with Gasteiger partial charge in [0.1, 0.15) is 17.4 Å². The number of hydrogen-bond acceptors (Lipinski definition) is 4. The number of aromatic nitrogens is 3. The van der Waals surface area contributed by atoms with Crippen LogP contribution in [-0.4, -0.2) is 19.9 Å². The van der Waals surface area contributed by atoms with E-state index >= 15 is 0 Å². The second-order valence-electron chi connectivity index (χ2n) is 7.44. The first kappa shape index (κ1) is 20.4. The Morgan fingerprint density at radius 1 is 0.968 bits per heavy atom. The molecule has 6 heteroatoms. The van der Waals surface area contributed by atoms with Gasteiger partial charge in [-0.15, -0.1) is 11.3 Å². The number of halogens is 1. The number of fused-ring (bicyclic) bond motifs is 2. The van der Waals surface area contributed by atoms with E-state index in [1.165, 1.54) is 16.3 Å². The van der Waals surface area contributed by atoms with Gasteiger partial charge in [0.25, 0.3) is 0 Å². The van der Waals surface area contributed by atoms with Gasteiger partial charge in [-0.1, -0.05) is 64.5 Å². The highest BCUT2D eigenvalue weighted by molar-refractivity contribution is 9.09. The molecular formula is C25H22BrN3OS. The summed E-state index contributed by atoms with van der Waals surface area (Å²) in [6.07, 6.45) is 2.88. The van der Waals surface area contributed by atoms with Crippen LogP contribution in [0.2, 0.25) is 0 Å². The Kier molecular flexibility index (Phi) is 6.11. The third kappa shape index (κ3) is 4.42. The lowest BCUT2D eigenvalue weighted by atomic mass is 10.1. The van der Waals surface area contributed by atoms with E-state index < -0.39 is 0 Å². The first-order valence-electron chi connectivity index (χ1n) is 10.3. The predicted molar refractivity (Wildman–Crippen MR) is 132 cm³/mol. The molecule has 0 spiro atoms. The van der Waals surface area contributed by atoms with Gasteiger partial charge >= 0.3 is 0 Å². The standard InChI is InChI=1S/C25H22BrN3OS/c26-10-3-12-29-23-15-21-5-2-1-4-20(21)14-22(23)28-24(29)17-30-16-18-6-8-19(9-7-18)25-27-11-13-31-25/h1-2,4-9,11,13-15H,3,10,12,16-17H2. The zero-order valence-electron chi connectivity index (χ0n) is 17.0. The SMILES string of the molecule is BrCCCn1c(COCc2ccc(-c3nccs3)cc2)nc2cc3ccccc3cc21. The number of benzene rings is 3. The highest BCUT2D eigenvalue weighted by atomic mass is 79.9. The van der Waals surface area contributed by atoms with Gasteiger partial charge in [0.2, 0.25) is 0 Å². The molecule has 0 radical (unpaired) electrons. The smallest absolute Gasteiger partial charge is 0.136 e. The highest BCUT2D eigenvalue weighted by Crippen LogP contribution is 2.25. The molecule has 0 amide bonds. The highest BCUT2D eigenvalue weighted by Gasteiger charge is 2.12. The number of hydrogen-bond donors (Lipinski definition) is 0. The van der Waals surface area contributed by atoms with Crippen LogP contribution in [0.3, 0.4) is 0 Å². The summed E-state index contributed by atoms with van der Waals surface area (Å²) >= 11 is 5.21. The average Bonchev–Trinajstić information content (AvgIpc) is 3.45. The first-order chi connectivity index (χ1) is 15.3. The molecule has 0 saturated carbocycles. The van der Waals surface area contributed by atoms with Gasteiger partial charge in [0, 0.05) is 29.0 Å². The number of imidazole rings is 1. The molecule has 2 heterocycles. The van der Waals surface area contributed by atoms with Crippen molar-refractivity contribution in [2.75, 3.05) is 5.33 Å². The molecule has 156 valence electrons. The lowest BCUT2D eigenvalue weighted by Gasteiger charge is -2.10. The fourth-order valence-electron chi connectivity index (χ4n) is 3.81. The maximum Gasteiger partial charge on any atom is 0.136 e. The van der Waals surface area contributed by atoms with E-state index in [2.05, 4.69) is 86.1 Å². The molecule has 4 nitrogen and oxygen atoms in total. The molecule has 5 aromatic rings. The van der Waals surface area contributed by atoms with E-state index in [-0.39, 0.29) is 0 Å². The summed E-state index contributed by atoms with van der Waals surface area (Å²) in [5.41, 5.74) is 4.49. The van der Waals surface area contributed by atoms with E-state index in [0.717, 1.165) is 45.8 Å². The molecule has 0 aliphatic rings. The van der Waals surface area contributed by atoms with E-state index in [4.69, 9.17) is 9.72 Å². The molecule has 0 aliphatic heterocycles. The molecule has 0 unspecified atom stereocenters. The van der Waals surface area contributed by atoms with Gasteiger partial charge in [-0.25, -0.2) is 9.97 Å². The third-order valence-corrected chi connectivity index (χ3v) is 6.73. The molecule has 3 aromatic carbocycles. The van der Waals surface area contributed by atoms with E-state index in [0.29, 0.717) is 13.2 Å². The van der Waals surface area contributed by atoms with E-state index in [1.807, 2.05) is 11.6 Å². The summed E-state index contributed by atoms with van der Waals surface area (Å²) in [4.78, 5) is 9.28. The van der Waals surface area contributed by atoms with Crippen LogP contribution in [0.25, 0.3) is 32.4 Å². The zero-order chi connectivity index (χ0) is 21.0. The maximum absolute atomic E-state index is 6.08. The quantitative estimate of drug-likeness (QED) is 0.223. The summed E-state index contributed by atoms with van der Waals surface area (Å²) in [5.74, 6) is 0.977.